The lowest BCUT2D eigenvalue weighted by Crippen LogP contribution is -2.31. The van der Waals surface area contributed by atoms with E-state index in [4.69, 9.17) is 9.47 Å². The van der Waals surface area contributed by atoms with Crippen molar-refractivity contribution < 1.29 is 14.3 Å². The number of nitrogens with zero attached hydrogens (tertiary/aromatic N) is 1. The van der Waals surface area contributed by atoms with E-state index >= 15 is 0 Å². The summed E-state index contributed by atoms with van der Waals surface area (Å²) in [5.41, 5.74) is 1.80. The minimum atomic E-state index is -0.607. The number of esters is 1. The van der Waals surface area contributed by atoms with Crippen molar-refractivity contribution in [3.8, 4) is 5.75 Å². The predicted octanol–water partition coefficient (Wildman–Crippen LogP) is 3.06. The zero-order valence-electron chi connectivity index (χ0n) is 15.9. The van der Waals surface area contributed by atoms with Crippen molar-refractivity contribution in [2.45, 2.75) is 18.0 Å². The highest BCUT2D eigenvalue weighted by molar-refractivity contribution is 7.99. The lowest BCUT2D eigenvalue weighted by Gasteiger charge is -2.28. The van der Waals surface area contributed by atoms with Crippen LogP contribution in [0.4, 0.5) is 5.82 Å². The second-order valence-corrected chi connectivity index (χ2v) is 7.10. The number of hydrogen-bond donors (Lipinski definition) is 2. The summed E-state index contributed by atoms with van der Waals surface area (Å²) in [4.78, 5) is 32.8. The maximum Gasteiger partial charge on any atom is 0.336 e. The summed E-state index contributed by atoms with van der Waals surface area (Å²) in [6, 6.07) is 7.23. The number of thioether (sulfide) groups is 1. The van der Waals surface area contributed by atoms with Gasteiger partial charge in [0.2, 0.25) is 0 Å². The van der Waals surface area contributed by atoms with Crippen molar-refractivity contribution in [3.63, 3.8) is 0 Å². The van der Waals surface area contributed by atoms with Gasteiger partial charge in [-0.1, -0.05) is 30.0 Å². The average Bonchev–Trinajstić information content (AvgIpc) is 2.70. The molecular formula is C20H21N3O4S. The van der Waals surface area contributed by atoms with E-state index < -0.39 is 11.9 Å². The Hall–Kier alpha value is -3.00. The number of allylic oxidation sites excluding steroid dienone is 1. The molecule has 0 unspecified atom stereocenters. The largest absolute Gasteiger partial charge is 0.497 e. The van der Waals surface area contributed by atoms with Crippen molar-refractivity contribution in [2.75, 3.05) is 25.3 Å². The first-order chi connectivity index (χ1) is 13.5. The Kier molecular flexibility index (Phi) is 5.89. The number of rotatable bonds is 6. The van der Waals surface area contributed by atoms with E-state index in [1.165, 1.54) is 18.9 Å². The monoisotopic (exact) mass is 399 g/mol. The molecule has 0 amide bonds. The summed E-state index contributed by atoms with van der Waals surface area (Å²) in [5, 5.41) is 3.57. The van der Waals surface area contributed by atoms with Gasteiger partial charge in [0.05, 0.1) is 31.3 Å². The lowest BCUT2D eigenvalue weighted by molar-refractivity contribution is -0.136. The molecule has 0 aliphatic carbocycles. The molecule has 0 radical (unpaired) electrons. The van der Waals surface area contributed by atoms with Crippen LogP contribution in [0.3, 0.4) is 0 Å². The standard InChI is InChI=1S/C20H21N3O4S/c1-5-10-28-20-22-17-16(18(24)23-20)15(12-6-8-13(26-3)9-7-12)14(11(2)21-17)19(25)27-4/h5-9,15H,1,10H2,2-4H3,(H2,21,22,23,24)/t15-/m1/s1. The zero-order chi connectivity index (χ0) is 20.3. The third kappa shape index (κ3) is 3.68. The molecule has 0 saturated heterocycles. The van der Waals surface area contributed by atoms with E-state index in [1.54, 1.807) is 32.2 Å². The van der Waals surface area contributed by atoms with Crippen LogP contribution in [0.25, 0.3) is 0 Å². The number of methoxy groups -OCH3 is 2. The van der Waals surface area contributed by atoms with Gasteiger partial charge in [-0.2, -0.15) is 0 Å². The molecule has 1 aliphatic rings. The summed E-state index contributed by atoms with van der Waals surface area (Å²) < 4.78 is 10.2. The molecule has 146 valence electrons. The van der Waals surface area contributed by atoms with E-state index in [2.05, 4.69) is 21.9 Å². The highest BCUT2D eigenvalue weighted by Crippen LogP contribution is 2.40. The molecule has 0 spiro atoms. The molecule has 2 aromatic rings. The Morgan fingerprint density at radius 3 is 2.64 bits per heavy atom. The van der Waals surface area contributed by atoms with Crippen molar-refractivity contribution in [1.29, 1.82) is 0 Å². The molecule has 0 fully saturated rings. The summed E-state index contributed by atoms with van der Waals surface area (Å²) in [7, 11) is 2.90. The highest BCUT2D eigenvalue weighted by atomic mass is 32.2. The van der Waals surface area contributed by atoms with E-state index in [-0.39, 0.29) is 5.56 Å². The van der Waals surface area contributed by atoms with E-state index in [1.807, 2.05) is 12.1 Å². The van der Waals surface area contributed by atoms with E-state index in [0.717, 1.165) is 5.56 Å². The molecule has 28 heavy (non-hydrogen) atoms. The number of benzene rings is 1. The average molecular weight is 399 g/mol. The number of H-pyrrole nitrogens is 1. The molecular weight excluding hydrogens is 378 g/mol. The molecule has 8 heteroatoms. The van der Waals surface area contributed by atoms with Crippen LogP contribution in [0.15, 0.2) is 58.1 Å². The smallest absolute Gasteiger partial charge is 0.336 e. The Labute approximate surface area is 166 Å². The van der Waals surface area contributed by atoms with Gasteiger partial charge in [0.15, 0.2) is 5.16 Å². The molecule has 1 aliphatic heterocycles. The van der Waals surface area contributed by atoms with Crippen molar-refractivity contribution in [3.05, 3.63) is 69.7 Å². The molecule has 7 nitrogen and oxygen atoms in total. The highest BCUT2D eigenvalue weighted by Gasteiger charge is 2.36. The van der Waals surface area contributed by atoms with Gasteiger partial charge in [0.1, 0.15) is 11.6 Å². The molecule has 2 N–H and O–H groups in total. The van der Waals surface area contributed by atoms with Gasteiger partial charge in [-0.3, -0.25) is 4.79 Å². The number of aromatic amines is 1. The molecule has 0 saturated carbocycles. The normalized spacial score (nSPS) is 15.5. The first-order valence-corrected chi connectivity index (χ1v) is 9.56. The van der Waals surface area contributed by atoms with Crippen molar-refractivity contribution >= 4 is 23.5 Å². The quantitative estimate of drug-likeness (QED) is 0.334. The molecule has 1 aromatic heterocycles. The van der Waals surface area contributed by atoms with Crippen LogP contribution in [0.2, 0.25) is 0 Å². The van der Waals surface area contributed by atoms with Crippen LogP contribution in [-0.4, -0.2) is 35.9 Å². The van der Waals surface area contributed by atoms with Gasteiger partial charge in [-0.05, 0) is 24.6 Å². The van der Waals surface area contributed by atoms with Gasteiger partial charge < -0.3 is 19.8 Å². The molecule has 3 rings (SSSR count). The topological polar surface area (TPSA) is 93.3 Å². The van der Waals surface area contributed by atoms with Crippen molar-refractivity contribution in [2.24, 2.45) is 0 Å². The predicted molar refractivity (Wildman–Crippen MR) is 109 cm³/mol. The summed E-state index contributed by atoms with van der Waals surface area (Å²) >= 11 is 1.37. The Morgan fingerprint density at radius 2 is 2.04 bits per heavy atom. The Balaban J connectivity index is 2.19. The maximum absolute atomic E-state index is 12.9. The Morgan fingerprint density at radius 1 is 1.32 bits per heavy atom. The molecule has 2 heterocycles. The summed E-state index contributed by atoms with van der Waals surface area (Å²) in [6.45, 7) is 5.45. The Bertz CT molecular complexity index is 996. The SMILES string of the molecule is C=CCSc1nc2c(c(=O)[nH]1)[C@H](c1ccc(OC)cc1)C(C(=O)OC)=C(C)N2. The fraction of sp³-hybridized carbons (Fsp3) is 0.250. The van der Waals surface area contributed by atoms with Gasteiger partial charge in [-0.15, -0.1) is 6.58 Å². The van der Waals surface area contributed by atoms with Crippen LogP contribution in [0.5, 0.6) is 5.75 Å². The van der Waals surface area contributed by atoms with Crippen LogP contribution in [0, 0.1) is 0 Å². The van der Waals surface area contributed by atoms with Gasteiger partial charge in [-0.25, -0.2) is 9.78 Å². The number of fused-ring (bicyclic) bond motifs is 1. The fourth-order valence-corrected chi connectivity index (χ4v) is 3.74. The second kappa shape index (κ2) is 8.35. The number of carbonyl (C=O) groups excluding carboxylic acids is 1. The van der Waals surface area contributed by atoms with Gasteiger partial charge in [0.25, 0.3) is 5.56 Å². The molecule has 1 atom stereocenters. The first kappa shape index (κ1) is 19.8. The second-order valence-electron chi connectivity index (χ2n) is 6.09. The third-order valence-electron chi connectivity index (χ3n) is 4.41. The number of aromatic nitrogens is 2. The number of anilines is 1. The molecule has 0 bridgehead atoms. The van der Waals surface area contributed by atoms with Gasteiger partial charge >= 0.3 is 5.97 Å². The summed E-state index contributed by atoms with van der Waals surface area (Å²) in [6.07, 6.45) is 1.73. The van der Waals surface area contributed by atoms with Gasteiger partial charge in [0, 0.05) is 11.4 Å². The van der Waals surface area contributed by atoms with Crippen molar-refractivity contribution in [1.82, 2.24) is 9.97 Å². The number of carbonyl (C=O) groups is 1. The van der Waals surface area contributed by atoms with E-state index in [9.17, 15) is 9.59 Å². The molecule has 1 aromatic carbocycles. The fourth-order valence-electron chi connectivity index (χ4n) is 3.15. The van der Waals surface area contributed by atoms with Crippen LogP contribution < -0.4 is 15.6 Å². The number of hydrogen-bond acceptors (Lipinski definition) is 7. The van der Waals surface area contributed by atoms with Crippen LogP contribution in [-0.2, 0) is 9.53 Å². The minimum Gasteiger partial charge on any atom is -0.497 e. The van der Waals surface area contributed by atoms with Crippen LogP contribution in [0.1, 0.15) is 24.0 Å². The minimum absolute atomic E-state index is 0.307. The number of ether oxygens (including phenoxy) is 2. The zero-order valence-corrected chi connectivity index (χ0v) is 16.7. The van der Waals surface area contributed by atoms with E-state index in [0.29, 0.717) is 39.3 Å². The van der Waals surface area contributed by atoms with Crippen LogP contribution >= 0.6 is 11.8 Å². The third-order valence-corrected chi connectivity index (χ3v) is 5.28. The maximum atomic E-state index is 12.9. The number of nitrogens with one attached hydrogen (secondary N) is 2. The first-order valence-electron chi connectivity index (χ1n) is 8.58. The summed E-state index contributed by atoms with van der Waals surface area (Å²) in [5.74, 6) is 0.624. The lowest BCUT2D eigenvalue weighted by atomic mass is 9.82.